The van der Waals surface area contributed by atoms with Gasteiger partial charge in [-0.15, -0.1) is 11.3 Å². The van der Waals surface area contributed by atoms with Crippen molar-refractivity contribution in [3.63, 3.8) is 0 Å². The molecule has 7 heteroatoms. The maximum Gasteiger partial charge on any atom is 0.326 e. The van der Waals surface area contributed by atoms with Gasteiger partial charge in [0.25, 0.3) is 5.91 Å². The Kier molecular flexibility index (Phi) is 5.45. The summed E-state index contributed by atoms with van der Waals surface area (Å²) in [6, 6.07) is 6.78. The van der Waals surface area contributed by atoms with Crippen LogP contribution in [-0.4, -0.2) is 57.4 Å². The van der Waals surface area contributed by atoms with Gasteiger partial charge in [0.2, 0.25) is 0 Å². The standard InChI is InChI=1S/C18H21N3O3S/c1-20(12-13-4-2-7-19-11-13)14-6-8-21(15(10-14)18(23)24)17(22)16-5-3-9-25-16/h2-5,7,9,11,14-15H,6,8,10,12H2,1H3,(H,23,24)/t14-,15-/m1/s1. The molecule has 2 atom stereocenters. The summed E-state index contributed by atoms with van der Waals surface area (Å²) in [6.07, 6.45) is 4.75. The number of likely N-dealkylation sites (tertiary alicyclic amines) is 1. The van der Waals surface area contributed by atoms with Gasteiger partial charge in [0, 0.05) is 31.5 Å². The number of carboxylic acids is 1. The number of pyridine rings is 1. The van der Waals surface area contributed by atoms with Gasteiger partial charge in [-0.25, -0.2) is 4.79 Å². The molecule has 25 heavy (non-hydrogen) atoms. The van der Waals surface area contributed by atoms with Crippen LogP contribution in [0.1, 0.15) is 28.1 Å². The van der Waals surface area contributed by atoms with Crippen molar-refractivity contribution in [2.45, 2.75) is 31.5 Å². The molecule has 2 aromatic heterocycles. The summed E-state index contributed by atoms with van der Waals surface area (Å²) in [4.78, 5) is 32.7. The van der Waals surface area contributed by atoms with E-state index in [-0.39, 0.29) is 11.9 Å². The molecule has 0 bridgehead atoms. The van der Waals surface area contributed by atoms with Gasteiger partial charge in [-0.3, -0.25) is 14.7 Å². The smallest absolute Gasteiger partial charge is 0.326 e. The summed E-state index contributed by atoms with van der Waals surface area (Å²) in [5, 5.41) is 11.5. The van der Waals surface area contributed by atoms with Crippen molar-refractivity contribution >= 4 is 23.2 Å². The molecular weight excluding hydrogens is 338 g/mol. The number of amides is 1. The number of rotatable bonds is 5. The first kappa shape index (κ1) is 17.6. The number of thiophene rings is 1. The van der Waals surface area contributed by atoms with Gasteiger partial charge in [-0.2, -0.15) is 0 Å². The molecule has 1 N–H and O–H groups in total. The van der Waals surface area contributed by atoms with Crippen molar-refractivity contribution in [1.82, 2.24) is 14.8 Å². The van der Waals surface area contributed by atoms with E-state index in [4.69, 9.17) is 0 Å². The minimum absolute atomic E-state index is 0.119. The van der Waals surface area contributed by atoms with Crippen molar-refractivity contribution in [3.8, 4) is 0 Å². The minimum atomic E-state index is -0.940. The van der Waals surface area contributed by atoms with Crippen molar-refractivity contribution < 1.29 is 14.7 Å². The molecule has 1 aliphatic rings. The lowest BCUT2D eigenvalue weighted by Crippen LogP contribution is -2.54. The van der Waals surface area contributed by atoms with Gasteiger partial charge in [-0.1, -0.05) is 12.1 Å². The maximum absolute atomic E-state index is 12.6. The van der Waals surface area contributed by atoms with Crippen LogP contribution in [0, 0.1) is 0 Å². The average Bonchev–Trinajstić information content (AvgIpc) is 3.16. The Balaban J connectivity index is 1.68. The van der Waals surface area contributed by atoms with Crippen LogP contribution in [0.2, 0.25) is 0 Å². The molecule has 1 amide bonds. The molecule has 0 spiro atoms. The lowest BCUT2D eigenvalue weighted by molar-refractivity contribution is -0.144. The summed E-state index contributed by atoms with van der Waals surface area (Å²) in [5.74, 6) is -1.12. The van der Waals surface area contributed by atoms with E-state index in [2.05, 4.69) is 9.88 Å². The maximum atomic E-state index is 12.6. The van der Waals surface area contributed by atoms with Crippen molar-refractivity contribution in [2.75, 3.05) is 13.6 Å². The van der Waals surface area contributed by atoms with Crippen molar-refractivity contribution in [1.29, 1.82) is 0 Å². The van der Waals surface area contributed by atoms with E-state index in [9.17, 15) is 14.7 Å². The van der Waals surface area contributed by atoms with Crippen molar-refractivity contribution in [2.24, 2.45) is 0 Å². The van der Waals surface area contributed by atoms with Gasteiger partial charge in [-0.05, 0) is 43.0 Å². The van der Waals surface area contributed by atoms with Crippen LogP contribution in [0.3, 0.4) is 0 Å². The summed E-state index contributed by atoms with van der Waals surface area (Å²) in [5.41, 5.74) is 1.09. The first-order valence-corrected chi connectivity index (χ1v) is 9.10. The van der Waals surface area contributed by atoms with E-state index < -0.39 is 12.0 Å². The molecule has 1 fully saturated rings. The third kappa shape index (κ3) is 4.05. The fourth-order valence-corrected chi connectivity index (χ4v) is 3.95. The van der Waals surface area contributed by atoms with Gasteiger partial charge in [0.15, 0.2) is 0 Å². The number of nitrogens with zero attached hydrogens (tertiary/aromatic N) is 3. The average molecular weight is 359 g/mol. The number of carbonyl (C=O) groups excluding carboxylic acids is 1. The first-order chi connectivity index (χ1) is 12.1. The first-order valence-electron chi connectivity index (χ1n) is 8.22. The molecule has 3 heterocycles. The van der Waals surface area contributed by atoms with Gasteiger partial charge < -0.3 is 10.0 Å². The molecule has 1 saturated heterocycles. The number of aliphatic carboxylic acids is 1. The molecule has 2 aromatic rings. The van der Waals surface area contributed by atoms with Crippen LogP contribution >= 0.6 is 11.3 Å². The Hall–Kier alpha value is -2.25. The number of piperidine rings is 1. The van der Waals surface area contributed by atoms with Gasteiger partial charge in [0.1, 0.15) is 6.04 Å². The van der Waals surface area contributed by atoms with Gasteiger partial charge >= 0.3 is 5.97 Å². The largest absolute Gasteiger partial charge is 0.480 e. The molecule has 0 aromatic carbocycles. The highest BCUT2D eigenvalue weighted by Crippen LogP contribution is 2.25. The van der Waals surface area contributed by atoms with E-state index in [1.165, 1.54) is 16.2 Å². The summed E-state index contributed by atoms with van der Waals surface area (Å²) < 4.78 is 0. The SMILES string of the molecule is CN(Cc1cccnc1)[C@@H]1CCN(C(=O)c2cccs2)[C@@H](C(=O)O)C1. The normalized spacial score (nSPS) is 20.6. The third-order valence-corrected chi connectivity index (χ3v) is 5.49. The van der Waals surface area contributed by atoms with E-state index in [1.54, 1.807) is 12.3 Å². The lowest BCUT2D eigenvalue weighted by atomic mass is 9.95. The number of carboxylic acid groups (broad SMARTS) is 1. The topological polar surface area (TPSA) is 73.7 Å². The molecule has 0 unspecified atom stereocenters. The van der Waals surface area contributed by atoms with E-state index in [0.717, 1.165) is 12.0 Å². The Morgan fingerprint density at radius 1 is 1.40 bits per heavy atom. The fourth-order valence-electron chi connectivity index (χ4n) is 3.27. The predicted molar refractivity (Wildman–Crippen MR) is 95.5 cm³/mol. The summed E-state index contributed by atoms with van der Waals surface area (Å²) in [6.45, 7) is 1.17. The summed E-state index contributed by atoms with van der Waals surface area (Å²) in [7, 11) is 1.99. The number of carbonyl (C=O) groups is 2. The zero-order chi connectivity index (χ0) is 17.8. The van der Waals surface area contributed by atoms with Crippen LogP contribution in [0.5, 0.6) is 0 Å². The molecule has 0 aliphatic carbocycles. The number of hydrogen-bond acceptors (Lipinski definition) is 5. The number of aromatic nitrogens is 1. The fraction of sp³-hybridized carbons (Fsp3) is 0.389. The Labute approximate surface area is 150 Å². The monoisotopic (exact) mass is 359 g/mol. The van der Waals surface area contributed by atoms with Crippen LogP contribution < -0.4 is 0 Å². The predicted octanol–water partition coefficient (Wildman–Crippen LogP) is 2.33. The Morgan fingerprint density at radius 3 is 2.88 bits per heavy atom. The molecule has 1 aliphatic heterocycles. The zero-order valence-electron chi connectivity index (χ0n) is 14.0. The third-order valence-electron chi connectivity index (χ3n) is 4.63. The van der Waals surface area contributed by atoms with Crippen LogP contribution in [0.25, 0.3) is 0 Å². The minimum Gasteiger partial charge on any atom is -0.480 e. The Morgan fingerprint density at radius 2 is 2.24 bits per heavy atom. The number of hydrogen-bond donors (Lipinski definition) is 1. The second kappa shape index (κ2) is 7.76. The second-order valence-electron chi connectivity index (χ2n) is 6.28. The lowest BCUT2D eigenvalue weighted by Gasteiger charge is -2.40. The highest BCUT2D eigenvalue weighted by atomic mass is 32.1. The van der Waals surface area contributed by atoms with E-state index >= 15 is 0 Å². The van der Waals surface area contributed by atoms with Crippen LogP contribution in [0.4, 0.5) is 0 Å². The quantitative estimate of drug-likeness (QED) is 0.887. The molecule has 132 valence electrons. The molecule has 0 radical (unpaired) electrons. The zero-order valence-corrected chi connectivity index (χ0v) is 14.9. The van der Waals surface area contributed by atoms with E-state index in [1.807, 2.05) is 36.8 Å². The van der Waals surface area contributed by atoms with Gasteiger partial charge in [0.05, 0.1) is 4.88 Å². The highest BCUT2D eigenvalue weighted by Gasteiger charge is 2.38. The van der Waals surface area contributed by atoms with Crippen molar-refractivity contribution in [3.05, 3.63) is 52.5 Å². The van der Waals surface area contributed by atoms with Crippen LogP contribution in [-0.2, 0) is 11.3 Å². The van der Waals surface area contributed by atoms with E-state index in [0.29, 0.717) is 24.4 Å². The highest BCUT2D eigenvalue weighted by molar-refractivity contribution is 7.12. The molecule has 6 nitrogen and oxygen atoms in total. The summed E-state index contributed by atoms with van der Waals surface area (Å²) >= 11 is 1.35. The Bertz CT molecular complexity index is 720. The molecule has 3 rings (SSSR count). The molecular formula is C18H21N3O3S. The second-order valence-corrected chi connectivity index (χ2v) is 7.23. The van der Waals surface area contributed by atoms with Crippen LogP contribution in [0.15, 0.2) is 42.0 Å². The molecule has 0 saturated carbocycles.